The van der Waals surface area contributed by atoms with Gasteiger partial charge in [-0.05, 0) is 18.4 Å². The van der Waals surface area contributed by atoms with Crippen LogP contribution in [0.1, 0.15) is 18.4 Å². The summed E-state index contributed by atoms with van der Waals surface area (Å²) in [6, 6.07) is 10.2. The van der Waals surface area contributed by atoms with E-state index in [1.807, 2.05) is 37.2 Å². The third kappa shape index (κ3) is 4.94. The zero-order chi connectivity index (χ0) is 13.7. The van der Waals surface area contributed by atoms with Crippen molar-refractivity contribution in [3.05, 3.63) is 35.9 Å². The van der Waals surface area contributed by atoms with Gasteiger partial charge in [0.2, 0.25) is 0 Å². The average molecular weight is 389 g/mol. The smallest absolute Gasteiger partial charge is 0.193 e. The molecule has 1 aliphatic carbocycles. The molecule has 1 fully saturated rings. The third-order valence-electron chi connectivity index (χ3n) is 3.59. The van der Waals surface area contributed by atoms with Gasteiger partial charge in [-0.3, -0.25) is 0 Å². The molecular formula is C15H24IN3O. The van der Waals surface area contributed by atoms with Crippen LogP contribution in [0.2, 0.25) is 0 Å². The van der Waals surface area contributed by atoms with Crippen molar-refractivity contribution in [2.45, 2.75) is 19.4 Å². The molecule has 0 aliphatic heterocycles. The van der Waals surface area contributed by atoms with Crippen LogP contribution in [0, 0.1) is 5.41 Å². The van der Waals surface area contributed by atoms with Crippen molar-refractivity contribution < 1.29 is 5.11 Å². The number of hydrogen-bond donors (Lipinski definition) is 2. The Morgan fingerprint density at radius 1 is 1.30 bits per heavy atom. The first-order chi connectivity index (χ1) is 9.15. The number of rotatable bonds is 5. The van der Waals surface area contributed by atoms with Crippen molar-refractivity contribution in [1.29, 1.82) is 0 Å². The second kappa shape index (κ2) is 7.83. The van der Waals surface area contributed by atoms with Crippen LogP contribution in [-0.4, -0.2) is 43.2 Å². The maximum absolute atomic E-state index is 9.32. The molecule has 0 heterocycles. The molecule has 4 nitrogen and oxygen atoms in total. The van der Waals surface area contributed by atoms with Crippen LogP contribution >= 0.6 is 24.0 Å². The summed E-state index contributed by atoms with van der Waals surface area (Å²) in [5, 5.41) is 12.7. The number of benzene rings is 1. The van der Waals surface area contributed by atoms with Gasteiger partial charge in [0.15, 0.2) is 5.96 Å². The molecule has 1 aliphatic rings. The number of aliphatic imine (C=N–C) groups is 1. The predicted molar refractivity (Wildman–Crippen MR) is 93.4 cm³/mol. The second-order valence-corrected chi connectivity index (χ2v) is 5.53. The highest BCUT2D eigenvalue weighted by Gasteiger charge is 2.41. The fourth-order valence-electron chi connectivity index (χ4n) is 1.94. The number of halogens is 1. The third-order valence-corrected chi connectivity index (χ3v) is 3.59. The Balaban J connectivity index is 0.00000200. The Labute approximate surface area is 138 Å². The van der Waals surface area contributed by atoms with E-state index in [4.69, 9.17) is 0 Å². The fraction of sp³-hybridized carbons (Fsp3) is 0.533. The van der Waals surface area contributed by atoms with Gasteiger partial charge in [0.1, 0.15) is 0 Å². The highest BCUT2D eigenvalue weighted by Crippen LogP contribution is 2.44. The standard InChI is InChI=1S/C15H23N3O.HI/c1-18(2)14(17-11-15(12-19)8-9-15)16-10-13-6-4-3-5-7-13;/h3-7,19H,8-12H2,1-2H3,(H,16,17);1H. The zero-order valence-electron chi connectivity index (χ0n) is 12.2. The lowest BCUT2D eigenvalue weighted by Crippen LogP contribution is -2.40. The van der Waals surface area contributed by atoms with Crippen LogP contribution in [0.4, 0.5) is 0 Å². The number of hydrogen-bond acceptors (Lipinski definition) is 2. The SMILES string of the molecule is CN(C)C(=NCc1ccccc1)NCC1(CO)CC1.I. The lowest BCUT2D eigenvalue weighted by atomic mass is 10.1. The molecule has 0 aromatic heterocycles. The van der Waals surface area contributed by atoms with Crippen LogP contribution in [0.15, 0.2) is 35.3 Å². The highest BCUT2D eigenvalue weighted by molar-refractivity contribution is 14.0. The van der Waals surface area contributed by atoms with Gasteiger partial charge >= 0.3 is 0 Å². The van der Waals surface area contributed by atoms with Crippen LogP contribution in [0.5, 0.6) is 0 Å². The van der Waals surface area contributed by atoms with Crippen LogP contribution in [0.25, 0.3) is 0 Å². The van der Waals surface area contributed by atoms with Crippen molar-refractivity contribution in [2.75, 3.05) is 27.2 Å². The van der Waals surface area contributed by atoms with Crippen molar-refractivity contribution in [3.8, 4) is 0 Å². The molecule has 0 unspecified atom stereocenters. The average Bonchev–Trinajstić information content (AvgIpc) is 3.20. The fourth-order valence-corrected chi connectivity index (χ4v) is 1.94. The molecule has 0 amide bonds. The Bertz CT molecular complexity index is 430. The maximum atomic E-state index is 9.32. The summed E-state index contributed by atoms with van der Waals surface area (Å²) in [4.78, 5) is 6.59. The van der Waals surface area contributed by atoms with E-state index in [9.17, 15) is 5.11 Å². The van der Waals surface area contributed by atoms with Crippen LogP contribution in [0.3, 0.4) is 0 Å². The molecule has 0 saturated heterocycles. The second-order valence-electron chi connectivity index (χ2n) is 5.53. The molecule has 0 atom stereocenters. The first-order valence-corrected chi connectivity index (χ1v) is 6.76. The molecule has 2 rings (SSSR count). The summed E-state index contributed by atoms with van der Waals surface area (Å²) < 4.78 is 0. The van der Waals surface area contributed by atoms with Gasteiger partial charge in [-0.25, -0.2) is 4.99 Å². The summed E-state index contributed by atoms with van der Waals surface area (Å²) in [7, 11) is 3.96. The van der Waals surface area contributed by atoms with E-state index >= 15 is 0 Å². The molecule has 0 bridgehead atoms. The van der Waals surface area contributed by atoms with E-state index in [1.165, 1.54) is 5.56 Å². The topological polar surface area (TPSA) is 47.9 Å². The summed E-state index contributed by atoms with van der Waals surface area (Å²) in [6.45, 7) is 1.74. The van der Waals surface area contributed by atoms with Gasteiger partial charge in [0.05, 0.1) is 13.2 Å². The monoisotopic (exact) mass is 389 g/mol. The highest BCUT2D eigenvalue weighted by atomic mass is 127. The number of nitrogens with one attached hydrogen (secondary N) is 1. The number of aliphatic hydroxyl groups is 1. The Morgan fingerprint density at radius 3 is 2.45 bits per heavy atom. The Hall–Kier alpha value is -0.820. The van der Waals surface area contributed by atoms with Crippen molar-refractivity contribution in [2.24, 2.45) is 10.4 Å². The molecule has 0 radical (unpaired) electrons. The maximum Gasteiger partial charge on any atom is 0.193 e. The largest absolute Gasteiger partial charge is 0.396 e. The minimum Gasteiger partial charge on any atom is -0.396 e. The first kappa shape index (κ1) is 17.2. The normalized spacial score (nSPS) is 16.2. The van der Waals surface area contributed by atoms with Gasteiger partial charge in [-0.2, -0.15) is 0 Å². The van der Waals surface area contributed by atoms with Gasteiger partial charge in [-0.1, -0.05) is 30.3 Å². The van der Waals surface area contributed by atoms with E-state index in [0.29, 0.717) is 6.54 Å². The van der Waals surface area contributed by atoms with Crippen LogP contribution in [-0.2, 0) is 6.54 Å². The van der Waals surface area contributed by atoms with Gasteiger partial charge in [-0.15, -0.1) is 24.0 Å². The molecule has 112 valence electrons. The summed E-state index contributed by atoms with van der Waals surface area (Å²) >= 11 is 0. The van der Waals surface area contributed by atoms with E-state index in [1.54, 1.807) is 0 Å². The van der Waals surface area contributed by atoms with Gasteiger partial charge < -0.3 is 15.3 Å². The lowest BCUT2D eigenvalue weighted by molar-refractivity contribution is 0.212. The Morgan fingerprint density at radius 2 is 1.95 bits per heavy atom. The quantitative estimate of drug-likeness (QED) is 0.461. The van der Waals surface area contributed by atoms with E-state index in [2.05, 4.69) is 22.4 Å². The molecule has 1 aromatic carbocycles. The zero-order valence-corrected chi connectivity index (χ0v) is 14.5. The van der Waals surface area contributed by atoms with E-state index in [-0.39, 0.29) is 36.0 Å². The molecule has 1 aromatic rings. The van der Waals surface area contributed by atoms with E-state index in [0.717, 1.165) is 25.3 Å². The number of aliphatic hydroxyl groups excluding tert-OH is 1. The summed E-state index contributed by atoms with van der Waals surface area (Å²) in [5.74, 6) is 0.878. The van der Waals surface area contributed by atoms with Gasteiger partial charge in [0, 0.05) is 26.1 Å². The molecule has 5 heteroatoms. The molecule has 1 saturated carbocycles. The van der Waals surface area contributed by atoms with Crippen LogP contribution < -0.4 is 5.32 Å². The van der Waals surface area contributed by atoms with Crippen molar-refractivity contribution in [3.63, 3.8) is 0 Å². The first-order valence-electron chi connectivity index (χ1n) is 6.76. The van der Waals surface area contributed by atoms with Crippen molar-refractivity contribution >= 4 is 29.9 Å². The number of nitrogens with zero attached hydrogens (tertiary/aromatic N) is 2. The summed E-state index contributed by atoms with van der Waals surface area (Å²) in [6.07, 6.45) is 2.21. The van der Waals surface area contributed by atoms with E-state index < -0.39 is 0 Å². The molecule has 2 N–H and O–H groups in total. The minimum absolute atomic E-state index is 0. The molecule has 20 heavy (non-hydrogen) atoms. The van der Waals surface area contributed by atoms with Gasteiger partial charge in [0.25, 0.3) is 0 Å². The predicted octanol–water partition coefficient (Wildman–Crippen LogP) is 2.08. The Kier molecular flexibility index (Phi) is 6.75. The molecular weight excluding hydrogens is 365 g/mol. The number of guanidine groups is 1. The lowest BCUT2D eigenvalue weighted by Gasteiger charge is -2.20. The summed E-state index contributed by atoms with van der Waals surface area (Å²) in [5.41, 5.74) is 1.30. The van der Waals surface area contributed by atoms with Crippen molar-refractivity contribution in [1.82, 2.24) is 10.2 Å². The minimum atomic E-state index is 0. The molecule has 0 spiro atoms.